The number of hydrogen-bond acceptors (Lipinski definition) is 11. The van der Waals surface area contributed by atoms with Gasteiger partial charge in [0.15, 0.2) is 6.04 Å². The minimum Gasteiger partial charge on any atom is -0.458 e. The van der Waals surface area contributed by atoms with E-state index in [4.69, 9.17) is 9.47 Å². The number of nitrogens with zero attached hydrogens (tertiary/aromatic N) is 1. The summed E-state index contributed by atoms with van der Waals surface area (Å²) in [7, 11) is 0. The molecule has 1 unspecified atom stereocenters. The van der Waals surface area contributed by atoms with Crippen molar-refractivity contribution < 1.29 is 43.0 Å². The number of nitrogens with one attached hydrogen (secondary N) is 4. The molecule has 5 amide bonds. The van der Waals surface area contributed by atoms with Gasteiger partial charge in [0.1, 0.15) is 17.7 Å². The number of thioether (sulfide) groups is 2. The van der Waals surface area contributed by atoms with Gasteiger partial charge in [0.25, 0.3) is 5.91 Å². The first-order chi connectivity index (χ1) is 26.2. The third kappa shape index (κ3) is 13.1. The minimum absolute atomic E-state index is 0.0955. The van der Waals surface area contributed by atoms with Crippen LogP contribution in [0.25, 0.3) is 0 Å². The maximum atomic E-state index is 14.4. The summed E-state index contributed by atoms with van der Waals surface area (Å²) >= 11 is 3.41. The second kappa shape index (κ2) is 19.1. The monoisotopic (exact) mass is 817 g/mol. The number of alkyl carbamates (subject to hydrolysis) is 1. The summed E-state index contributed by atoms with van der Waals surface area (Å²) in [5, 5.41) is 10.5. The predicted molar refractivity (Wildman–Crippen MR) is 215 cm³/mol. The number of carbonyl (C=O) groups excluding carboxylic acids is 7. The summed E-state index contributed by atoms with van der Waals surface area (Å²) in [5.41, 5.74) is -1.08. The third-order valence-electron chi connectivity index (χ3n) is 9.43. The van der Waals surface area contributed by atoms with Crippen LogP contribution in [0.3, 0.4) is 0 Å². The standard InChI is InChI=1S/C40H59N5O9S2/c1-24(2)22-53-37(52)44-32(38(3,4)5)35(50)45-23-40(55-17-12-18-56-40)20-28(45)33(48)42-27(19-25-15-16-25)31(47)34(49)41-21-29(46)43-30(26-13-10-9-11-14-26)36(51)54-39(6,7)8/h9-11,13-14,24-25,27-28,30,32H,12,15-23H2,1-8H3,(H,41,49)(H,42,48)(H,43,46)(H,44,52)/t27-,28+,30?,32-/m1/s1. The lowest BCUT2D eigenvalue weighted by atomic mass is 9.85. The van der Waals surface area contributed by atoms with Crippen LogP contribution in [0.4, 0.5) is 4.79 Å². The molecule has 4 rings (SSSR count). The van der Waals surface area contributed by atoms with Gasteiger partial charge >= 0.3 is 12.1 Å². The normalized spacial score (nSPS) is 19.7. The lowest BCUT2D eigenvalue weighted by Crippen LogP contribution is -2.59. The quantitative estimate of drug-likeness (QED) is 0.147. The molecular weight excluding hydrogens is 759 g/mol. The molecule has 2 aliphatic heterocycles. The van der Waals surface area contributed by atoms with Crippen LogP contribution in [0.1, 0.15) is 99.1 Å². The Kier molecular flexibility index (Phi) is 15.3. The number of carbonyl (C=O) groups is 7. The van der Waals surface area contributed by atoms with Crippen LogP contribution in [0.2, 0.25) is 0 Å². The minimum atomic E-state index is -1.19. The lowest BCUT2D eigenvalue weighted by Gasteiger charge is -2.36. The van der Waals surface area contributed by atoms with E-state index in [2.05, 4.69) is 21.3 Å². The number of amides is 5. The Morgan fingerprint density at radius 3 is 2.12 bits per heavy atom. The summed E-state index contributed by atoms with van der Waals surface area (Å²) in [6.45, 7) is 14.2. The van der Waals surface area contributed by atoms with Gasteiger partial charge < -0.3 is 35.6 Å². The van der Waals surface area contributed by atoms with E-state index in [1.807, 2.05) is 34.6 Å². The molecule has 4 atom stereocenters. The molecule has 4 N–H and O–H groups in total. The number of benzene rings is 1. The van der Waals surface area contributed by atoms with Crippen molar-refractivity contribution in [2.24, 2.45) is 17.3 Å². The maximum Gasteiger partial charge on any atom is 0.407 e. The Morgan fingerprint density at radius 1 is 0.911 bits per heavy atom. The first-order valence-corrected chi connectivity index (χ1v) is 21.4. The highest BCUT2D eigenvalue weighted by Crippen LogP contribution is 2.51. The zero-order valence-corrected chi connectivity index (χ0v) is 35.5. The topological polar surface area (TPSA) is 189 Å². The Bertz CT molecular complexity index is 1600. The Hall–Kier alpha value is -3.79. The van der Waals surface area contributed by atoms with Crippen LogP contribution in [-0.4, -0.2) is 105 Å². The van der Waals surface area contributed by atoms with Crippen LogP contribution in [0.15, 0.2) is 30.3 Å². The van der Waals surface area contributed by atoms with E-state index in [-0.39, 0.29) is 31.4 Å². The Morgan fingerprint density at radius 2 is 1.55 bits per heavy atom. The molecule has 1 aromatic rings. The first-order valence-electron chi connectivity index (χ1n) is 19.4. The fraction of sp³-hybridized carbons (Fsp3) is 0.675. The van der Waals surface area contributed by atoms with E-state index in [9.17, 15) is 33.6 Å². The van der Waals surface area contributed by atoms with E-state index in [1.54, 1.807) is 74.6 Å². The zero-order valence-electron chi connectivity index (χ0n) is 33.9. The number of Topliss-reactive ketones (excluding diaryl/α,β-unsaturated/α-hetero) is 1. The molecule has 1 spiro atoms. The van der Waals surface area contributed by atoms with Crippen molar-refractivity contribution in [2.45, 2.75) is 121 Å². The molecule has 0 bridgehead atoms. The van der Waals surface area contributed by atoms with Crippen molar-refractivity contribution in [2.75, 3.05) is 31.2 Å². The molecule has 0 radical (unpaired) electrons. The molecule has 3 aliphatic rings. The average Bonchev–Trinajstić information content (AvgIpc) is 3.87. The average molecular weight is 818 g/mol. The van der Waals surface area contributed by atoms with E-state index in [0.29, 0.717) is 12.0 Å². The second-order valence-electron chi connectivity index (χ2n) is 17.3. The molecule has 14 nitrogen and oxygen atoms in total. The van der Waals surface area contributed by atoms with Crippen molar-refractivity contribution >= 4 is 65.0 Å². The van der Waals surface area contributed by atoms with Gasteiger partial charge in [-0.2, -0.15) is 0 Å². The van der Waals surface area contributed by atoms with E-state index in [1.165, 1.54) is 4.90 Å². The molecule has 0 aromatic heterocycles. The Labute approximate surface area is 338 Å². The van der Waals surface area contributed by atoms with Gasteiger partial charge in [-0.15, -0.1) is 23.5 Å². The van der Waals surface area contributed by atoms with Crippen LogP contribution in [-0.2, 0) is 38.2 Å². The molecule has 1 saturated carbocycles. The molecule has 1 aromatic carbocycles. The summed E-state index contributed by atoms with van der Waals surface area (Å²) in [5.74, 6) is -2.43. The first kappa shape index (κ1) is 44.9. The van der Waals surface area contributed by atoms with Gasteiger partial charge in [0.2, 0.25) is 23.5 Å². The van der Waals surface area contributed by atoms with E-state index < -0.39 is 87.3 Å². The zero-order chi connectivity index (χ0) is 41.4. The van der Waals surface area contributed by atoms with E-state index in [0.717, 1.165) is 30.8 Å². The molecule has 1 aliphatic carbocycles. The molecule has 3 fully saturated rings. The number of ketones is 1. The summed E-state index contributed by atoms with van der Waals surface area (Å²) in [6.07, 6.45) is 2.50. The third-order valence-corrected chi connectivity index (χ3v) is 12.8. The summed E-state index contributed by atoms with van der Waals surface area (Å²) in [6, 6.07) is 4.19. The van der Waals surface area contributed by atoms with Crippen LogP contribution < -0.4 is 21.3 Å². The highest BCUT2D eigenvalue weighted by molar-refractivity contribution is 8.18. The van der Waals surface area contributed by atoms with Crippen molar-refractivity contribution in [3.8, 4) is 0 Å². The smallest absolute Gasteiger partial charge is 0.407 e. The van der Waals surface area contributed by atoms with Gasteiger partial charge in [-0.1, -0.05) is 77.8 Å². The lowest BCUT2D eigenvalue weighted by molar-refractivity contribution is -0.158. The van der Waals surface area contributed by atoms with Crippen LogP contribution in [0.5, 0.6) is 0 Å². The number of likely N-dealkylation sites (tertiary alicyclic amines) is 1. The molecule has 310 valence electrons. The van der Waals surface area contributed by atoms with Crippen molar-refractivity contribution in [3.05, 3.63) is 35.9 Å². The Balaban J connectivity index is 1.47. The van der Waals surface area contributed by atoms with Gasteiger partial charge in [-0.25, -0.2) is 9.59 Å². The van der Waals surface area contributed by atoms with Crippen molar-refractivity contribution in [1.29, 1.82) is 0 Å². The van der Waals surface area contributed by atoms with Gasteiger partial charge in [-0.05, 0) is 67.9 Å². The fourth-order valence-electron chi connectivity index (χ4n) is 6.44. The highest BCUT2D eigenvalue weighted by atomic mass is 32.2. The van der Waals surface area contributed by atoms with Crippen LogP contribution in [0, 0.1) is 17.3 Å². The maximum absolute atomic E-state index is 14.4. The fourth-order valence-corrected chi connectivity index (χ4v) is 9.79. The summed E-state index contributed by atoms with van der Waals surface area (Å²) < 4.78 is 10.4. The predicted octanol–water partition coefficient (Wildman–Crippen LogP) is 4.12. The van der Waals surface area contributed by atoms with Gasteiger partial charge in [-0.3, -0.25) is 24.0 Å². The largest absolute Gasteiger partial charge is 0.458 e. The number of esters is 1. The van der Waals surface area contributed by atoms with Gasteiger partial charge in [0, 0.05) is 13.0 Å². The summed E-state index contributed by atoms with van der Waals surface area (Å²) in [4.78, 5) is 96.0. The number of ether oxygens (including phenoxy) is 2. The van der Waals surface area contributed by atoms with E-state index >= 15 is 0 Å². The second-order valence-corrected chi connectivity index (χ2v) is 20.5. The SMILES string of the molecule is CC(C)COC(=O)N[C@H](C(=O)N1CC2(C[C@H]1C(=O)N[C@H](CC1CC1)C(=O)C(=O)NCC(=O)NC(C(=O)OC(C)(C)C)c1ccccc1)SCCCS2)C(C)(C)C. The van der Waals surface area contributed by atoms with Gasteiger partial charge in [0.05, 0.1) is 23.3 Å². The molecule has 56 heavy (non-hydrogen) atoms. The van der Waals surface area contributed by atoms with Crippen molar-refractivity contribution in [1.82, 2.24) is 26.2 Å². The molecule has 16 heteroatoms. The van der Waals surface area contributed by atoms with Crippen molar-refractivity contribution in [3.63, 3.8) is 0 Å². The molecule has 2 saturated heterocycles. The number of hydrogen-bond donors (Lipinski definition) is 4. The highest BCUT2D eigenvalue weighted by Gasteiger charge is 2.53. The molecule has 2 heterocycles. The molecular formula is C40H59N5O9S2. The number of rotatable bonds is 15. The van der Waals surface area contributed by atoms with Crippen LogP contribution >= 0.6 is 23.5 Å².